The van der Waals surface area contributed by atoms with Crippen molar-refractivity contribution in [1.82, 2.24) is 0 Å². The summed E-state index contributed by atoms with van der Waals surface area (Å²) in [5.74, 6) is -0.448. The first kappa shape index (κ1) is 23.5. The van der Waals surface area contributed by atoms with Crippen molar-refractivity contribution in [1.29, 1.82) is 0 Å². The molecular formula is C26H28N4O3. The van der Waals surface area contributed by atoms with E-state index in [2.05, 4.69) is 16.0 Å². The molecule has 0 heterocycles. The smallest absolute Gasteiger partial charge is 0.258 e. The monoisotopic (exact) mass is 444 g/mol. The molecule has 0 spiro atoms. The predicted molar refractivity (Wildman–Crippen MR) is 133 cm³/mol. The minimum atomic E-state index is -0.245. The van der Waals surface area contributed by atoms with Crippen LogP contribution in [-0.2, 0) is 9.59 Å². The third-order valence-electron chi connectivity index (χ3n) is 4.92. The number of rotatable bonds is 9. The predicted octanol–water partition coefficient (Wildman–Crippen LogP) is 4.75. The molecular weight excluding hydrogens is 416 g/mol. The fraction of sp³-hybridized carbons (Fsp3) is 0.192. The zero-order chi connectivity index (χ0) is 23.6. The first-order valence-corrected chi connectivity index (χ1v) is 10.8. The van der Waals surface area contributed by atoms with Crippen molar-refractivity contribution in [2.75, 3.05) is 34.4 Å². The van der Waals surface area contributed by atoms with Crippen LogP contribution in [0.4, 0.5) is 22.7 Å². The van der Waals surface area contributed by atoms with Gasteiger partial charge < -0.3 is 20.9 Å². The average molecular weight is 445 g/mol. The minimum absolute atomic E-state index is 0.0264. The largest absolute Gasteiger partial charge is 0.376 e. The van der Waals surface area contributed by atoms with E-state index in [1.807, 2.05) is 37.3 Å². The molecule has 0 aromatic heterocycles. The molecule has 7 nitrogen and oxygen atoms in total. The van der Waals surface area contributed by atoms with Gasteiger partial charge in [0, 0.05) is 41.8 Å². The summed E-state index contributed by atoms with van der Waals surface area (Å²) in [6, 6.07) is 23.4. The van der Waals surface area contributed by atoms with Crippen molar-refractivity contribution >= 4 is 40.5 Å². The topological polar surface area (TPSA) is 90.5 Å². The van der Waals surface area contributed by atoms with Crippen LogP contribution < -0.4 is 20.9 Å². The third-order valence-corrected chi connectivity index (χ3v) is 4.92. The molecule has 0 atom stereocenters. The summed E-state index contributed by atoms with van der Waals surface area (Å²) < 4.78 is 0. The molecule has 170 valence electrons. The van der Waals surface area contributed by atoms with Crippen LogP contribution in [0, 0.1) is 0 Å². The van der Waals surface area contributed by atoms with Crippen molar-refractivity contribution in [3.63, 3.8) is 0 Å². The van der Waals surface area contributed by atoms with E-state index in [1.54, 1.807) is 60.5 Å². The molecule has 7 heteroatoms. The van der Waals surface area contributed by atoms with Gasteiger partial charge >= 0.3 is 0 Å². The molecule has 0 aliphatic heterocycles. The Kier molecular flexibility index (Phi) is 8.18. The highest BCUT2D eigenvalue weighted by Crippen LogP contribution is 2.18. The van der Waals surface area contributed by atoms with E-state index < -0.39 is 0 Å². The maximum atomic E-state index is 12.8. The van der Waals surface area contributed by atoms with E-state index in [4.69, 9.17) is 0 Å². The third kappa shape index (κ3) is 6.93. The lowest BCUT2D eigenvalue weighted by Crippen LogP contribution is -2.26. The van der Waals surface area contributed by atoms with Gasteiger partial charge in [0.1, 0.15) is 0 Å². The maximum Gasteiger partial charge on any atom is 0.258 e. The molecule has 0 aliphatic carbocycles. The number of carbonyl (C=O) groups is 3. The Hall–Kier alpha value is -4.13. The first-order chi connectivity index (χ1) is 16.0. The van der Waals surface area contributed by atoms with Gasteiger partial charge in [0.25, 0.3) is 5.91 Å². The van der Waals surface area contributed by atoms with Crippen LogP contribution in [-0.4, -0.2) is 31.3 Å². The SMILES string of the molecule is CCCC(=O)Nc1cccc(NC(=O)CNc2cccc(C(=O)N(C)c3ccccc3)c2)c1. The Labute approximate surface area is 193 Å². The lowest BCUT2D eigenvalue weighted by Gasteiger charge is -2.18. The Bertz CT molecular complexity index is 1120. The summed E-state index contributed by atoms with van der Waals surface area (Å²) in [7, 11) is 1.73. The number of carbonyl (C=O) groups excluding carboxylic acids is 3. The number of anilines is 4. The van der Waals surface area contributed by atoms with Gasteiger partial charge in [-0.1, -0.05) is 37.3 Å². The molecule has 0 radical (unpaired) electrons. The Morgan fingerprint density at radius 2 is 1.39 bits per heavy atom. The molecule has 0 saturated heterocycles. The van der Waals surface area contributed by atoms with Gasteiger partial charge in [-0.25, -0.2) is 0 Å². The molecule has 3 N–H and O–H groups in total. The number of nitrogens with one attached hydrogen (secondary N) is 3. The number of para-hydroxylation sites is 1. The summed E-state index contributed by atoms with van der Waals surface area (Å²) in [5.41, 5.74) is 3.20. The molecule has 0 unspecified atom stereocenters. The van der Waals surface area contributed by atoms with E-state index >= 15 is 0 Å². The van der Waals surface area contributed by atoms with Crippen molar-refractivity contribution in [2.24, 2.45) is 0 Å². The fourth-order valence-corrected chi connectivity index (χ4v) is 3.24. The van der Waals surface area contributed by atoms with Gasteiger partial charge in [-0.05, 0) is 55.0 Å². The summed E-state index contributed by atoms with van der Waals surface area (Å²) >= 11 is 0. The normalized spacial score (nSPS) is 10.2. The van der Waals surface area contributed by atoms with Gasteiger partial charge in [0.15, 0.2) is 0 Å². The van der Waals surface area contributed by atoms with Gasteiger partial charge in [0.2, 0.25) is 11.8 Å². The number of amides is 3. The number of benzene rings is 3. The van der Waals surface area contributed by atoms with E-state index in [1.165, 1.54) is 0 Å². The van der Waals surface area contributed by atoms with Crippen LogP contribution in [0.15, 0.2) is 78.9 Å². The van der Waals surface area contributed by atoms with Crippen LogP contribution in [0.25, 0.3) is 0 Å². The highest BCUT2D eigenvalue weighted by molar-refractivity contribution is 6.06. The summed E-state index contributed by atoms with van der Waals surface area (Å²) in [6.45, 7) is 1.97. The molecule has 33 heavy (non-hydrogen) atoms. The Morgan fingerprint density at radius 3 is 2.09 bits per heavy atom. The van der Waals surface area contributed by atoms with Crippen molar-refractivity contribution in [3.05, 3.63) is 84.4 Å². The summed E-state index contributed by atoms with van der Waals surface area (Å²) in [5, 5.41) is 8.67. The second-order valence-electron chi connectivity index (χ2n) is 7.56. The number of nitrogens with zero attached hydrogens (tertiary/aromatic N) is 1. The molecule has 0 bridgehead atoms. The lowest BCUT2D eigenvalue weighted by atomic mass is 10.1. The van der Waals surface area contributed by atoms with Gasteiger partial charge in [-0.3, -0.25) is 14.4 Å². The van der Waals surface area contributed by atoms with Crippen LogP contribution in [0.3, 0.4) is 0 Å². The standard InChI is InChI=1S/C26H28N4O3/c1-3-9-24(31)28-21-12-8-13-22(17-21)29-25(32)18-27-20-11-7-10-19(16-20)26(33)30(2)23-14-5-4-6-15-23/h4-8,10-17,27H,3,9,18H2,1-2H3,(H,28,31)(H,29,32). The van der Waals surface area contributed by atoms with Crippen molar-refractivity contribution in [2.45, 2.75) is 19.8 Å². The fourth-order valence-electron chi connectivity index (χ4n) is 3.24. The van der Waals surface area contributed by atoms with Crippen LogP contribution in [0.1, 0.15) is 30.1 Å². The second kappa shape index (κ2) is 11.5. The average Bonchev–Trinajstić information content (AvgIpc) is 2.83. The Morgan fingerprint density at radius 1 is 0.758 bits per heavy atom. The Balaban J connectivity index is 1.57. The zero-order valence-electron chi connectivity index (χ0n) is 18.8. The summed E-state index contributed by atoms with van der Waals surface area (Å²) in [6.07, 6.45) is 1.21. The van der Waals surface area contributed by atoms with Crippen LogP contribution in [0.5, 0.6) is 0 Å². The van der Waals surface area contributed by atoms with Gasteiger partial charge in [-0.2, -0.15) is 0 Å². The van der Waals surface area contributed by atoms with Gasteiger partial charge in [-0.15, -0.1) is 0 Å². The first-order valence-electron chi connectivity index (χ1n) is 10.8. The highest BCUT2D eigenvalue weighted by Gasteiger charge is 2.14. The molecule has 3 amide bonds. The van der Waals surface area contributed by atoms with E-state index in [9.17, 15) is 14.4 Å². The van der Waals surface area contributed by atoms with E-state index in [0.29, 0.717) is 29.0 Å². The maximum absolute atomic E-state index is 12.8. The zero-order valence-corrected chi connectivity index (χ0v) is 18.8. The molecule has 0 fully saturated rings. The number of hydrogen-bond donors (Lipinski definition) is 3. The van der Waals surface area contributed by atoms with Crippen molar-refractivity contribution < 1.29 is 14.4 Å². The quantitative estimate of drug-likeness (QED) is 0.444. The molecule has 0 aliphatic rings. The molecule has 3 aromatic carbocycles. The van der Waals surface area contributed by atoms with Gasteiger partial charge in [0.05, 0.1) is 6.54 Å². The molecule has 3 aromatic rings. The van der Waals surface area contributed by atoms with Crippen LogP contribution in [0.2, 0.25) is 0 Å². The second-order valence-corrected chi connectivity index (χ2v) is 7.56. The highest BCUT2D eigenvalue weighted by atomic mass is 16.2. The summed E-state index contributed by atoms with van der Waals surface area (Å²) in [4.78, 5) is 38.6. The van der Waals surface area contributed by atoms with E-state index in [-0.39, 0.29) is 24.3 Å². The van der Waals surface area contributed by atoms with E-state index in [0.717, 1.165) is 12.1 Å². The molecule has 0 saturated carbocycles. The lowest BCUT2D eigenvalue weighted by molar-refractivity contribution is -0.116. The number of hydrogen-bond acceptors (Lipinski definition) is 4. The van der Waals surface area contributed by atoms with Crippen LogP contribution >= 0.6 is 0 Å². The molecule has 3 rings (SSSR count). The minimum Gasteiger partial charge on any atom is -0.376 e. The van der Waals surface area contributed by atoms with Crippen molar-refractivity contribution in [3.8, 4) is 0 Å².